The SMILES string of the molecule is Cn1c(-c2ccccc2)c(-c2ccc(Br)cc2)c2c1[C@](C)(c1ccccc1)c1ccccc1C2=O. The summed E-state index contributed by atoms with van der Waals surface area (Å²) in [7, 11) is 2.10. The highest BCUT2D eigenvalue weighted by Gasteiger charge is 2.46. The average Bonchev–Trinajstić information content (AvgIpc) is 3.22. The molecule has 1 aliphatic carbocycles. The number of benzene rings is 4. The minimum Gasteiger partial charge on any atom is -0.345 e. The Morgan fingerprint density at radius 2 is 1.29 bits per heavy atom. The van der Waals surface area contributed by atoms with Gasteiger partial charge in [0, 0.05) is 28.3 Å². The molecule has 0 N–H and O–H groups in total. The highest BCUT2D eigenvalue weighted by atomic mass is 79.9. The van der Waals surface area contributed by atoms with Crippen LogP contribution >= 0.6 is 15.9 Å². The molecule has 2 nitrogen and oxygen atoms in total. The summed E-state index contributed by atoms with van der Waals surface area (Å²) in [5.74, 6) is 0.0831. The number of fused-ring (bicyclic) bond motifs is 2. The summed E-state index contributed by atoms with van der Waals surface area (Å²) in [6.45, 7) is 2.26. The number of carbonyl (C=O) groups is 1. The second-order valence-corrected chi connectivity index (χ2v) is 10.2. The third-order valence-corrected chi connectivity index (χ3v) is 7.87. The van der Waals surface area contributed by atoms with Gasteiger partial charge in [0.05, 0.1) is 16.7 Å². The van der Waals surface area contributed by atoms with Gasteiger partial charge >= 0.3 is 0 Å². The van der Waals surface area contributed by atoms with Crippen LogP contribution in [0.15, 0.2) is 114 Å². The largest absolute Gasteiger partial charge is 0.345 e. The van der Waals surface area contributed by atoms with Crippen molar-refractivity contribution in [2.75, 3.05) is 0 Å². The molecule has 4 aromatic carbocycles. The molecule has 6 rings (SSSR count). The van der Waals surface area contributed by atoms with E-state index < -0.39 is 5.41 Å². The summed E-state index contributed by atoms with van der Waals surface area (Å²) in [6.07, 6.45) is 0. The predicted molar refractivity (Wildman–Crippen MR) is 146 cm³/mol. The molecule has 170 valence electrons. The Labute approximate surface area is 214 Å². The summed E-state index contributed by atoms with van der Waals surface area (Å²) < 4.78 is 3.26. The highest BCUT2D eigenvalue weighted by molar-refractivity contribution is 9.10. The van der Waals surface area contributed by atoms with E-state index in [-0.39, 0.29) is 5.78 Å². The first kappa shape index (κ1) is 21.8. The monoisotopic (exact) mass is 517 g/mol. The first-order valence-electron chi connectivity index (χ1n) is 11.8. The van der Waals surface area contributed by atoms with Crippen LogP contribution in [0.5, 0.6) is 0 Å². The van der Waals surface area contributed by atoms with Gasteiger partial charge in [0.25, 0.3) is 0 Å². The van der Waals surface area contributed by atoms with Gasteiger partial charge in [-0.3, -0.25) is 4.79 Å². The summed E-state index contributed by atoms with van der Waals surface area (Å²) >= 11 is 3.57. The third kappa shape index (κ3) is 3.19. The predicted octanol–water partition coefficient (Wildman–Crippen LogP) is 8.02. The Morgan fingerprint density at radius 1 is 0.686 bits per heavy atom. The zero-order valence-electron chi connectivity index (χ0n) is 19.6. The molecule has 0 fully saturated rings. The number of aromatic nitrogens is 1. The lowest BCUT2D eigenvalue weighted by molar-refractivity contribution is 0.103. The smallest absolute Gasteiger partial charge is 0.195 e. The zero-order valence-corrected chi connectivity index (χ0v) is 21.2. The Balaban J connectivity index is 1.79. The fraction of sp³-hybridized carbons (Fsp3) is 0.0938. The van der Waals surface area contributed by atoms with Gasteiger partial charge < -0.3 is 4.57 Å². The highest BCUT2D eigenvalue weighted by Crippen LogP contribution is 2.52. The second kappa shape index (κ2) is 8.21. The first-order valence-corrected chi connectivity index (χ1v) is 12.6. The molecule has 1 aliphatic rings. The minimum absolute atomic E-state index is 0.0831. The molecule has 0 bridgehead atoms. The van der Waals surface area contributed by atoms with E-state index in [9.17, 15) is 4.79 Å². The quantitative estimate of drug-likeness (QED) is 0.237. The van der Waals surface area contributed by atoms with E-state index in [0.29, 0.717) is 0 Å². The molecule has 1 atom stereocenters. The lowest BCUT2D eigenvalue weighted by Crippen LogP contribution is -2.35. The van der Waals surface area contributed by atoms with Crippen molar-refractivity contribution in [2.24, 2.45) is 7.05 Å². The van der Waals surface area contributed by atoms with Crippen molar-refractivity contribution in [3.63, 3.8) is 0 Å². The molecule has 5 aromatic rings. The number of hydrogen-bond acceptors (Lipinski definition) is 1. The van der Waals surface area contributed by atoms with Crippen LogP contribution < -0.4 is 0 Å². The standard InChI is InChI=1S/C32H24BrNO/c1-32(23-13-7-4-8-14-23)26-16-10-9-15-25(26)30(35)28-27(21-17-19-24(33)20-18-21)29(34(2)31(28)32)22-11-5-3-6-12-22/h3-20H,1-2H3/t32-/m1/s1. The van der Waals surface area contributed by atoms with Gasteiger partial charge in [-0.2, -0.15) is 0 Å². The van der Waals surface area contributed by atoms with Crippen LogP contribution in [0.3, 0.4) is 0 Å². The Bertz CT molecular complexity index is 1570. The lowest BCUT2D eigenvalue weighted by Gasteiger charge is -2.37. The molecular formula is C32H24BrNO. The summed E-state index contributed by atoms with van der Waals surface area (Å²) in [6, 6.07) is 37.3. The second-order valence-electron chi connectivity index (χ2n) is 9.24. The van der Waals surface area contributed by atoms with Gasteiger partial charge in [-0.05, 0) is 41.3 Å². The maximum atomic E-state index is 14.3. The molecule has 0 spiro atoms. The average molecular weight is 518 g/mol. The van der Waals surface area contributed by atoms with Crippen molar-refractivity contribution in [1.29, 1.82) is 0 Å². The van der Waals surface area contributed by atoms with Crippen LogP contribution in [0.2, 0.25) is 0 Å². The number of halogens is 1. The molecule has 0 unspecified atom stereocenters. The maximum absolute atomic E-state index is 14.3. The lowest BCUT2D eigenvalue weighted by atomic mass is 9.66. The number of nitrogens with zero attached hydrogens (tertiary/aromatic N) is 1. The molecule has 0 saturated carbocycles. The van der Waals surface area contributed by atoms with E-state index in [2.05, 4.69) is 101 Å². The van der Waals surface area contributed by atoms with Crippen molar-refractivity contribution in [3.8, 4) is 22.4 Å². The number of carbonyl (C=O) groups excluding carboxylic acids is 1. The summed E-state index contributed by atoms with van der Waals surface area (Å²) in [5, 5.41) is 0. The zero-order chi connectivity index (χ0) is 24.2. The molecule has 0 aliphatic heterocycles. The Morgan fingerprint density at radius 3 is 1.97 bits per heavy atom. The molecule has 0 amide bonds. The van der Waals surface area contributed by atoms with E-state index in [1.807, 2.05) is 42.5 Å². The maximum Gasteiger partial charge on any atom is 0.195 e. The van der Waals surface area contributed by atoms with Crippen LogP contribution in [0.4, 0.5) is 0 Å². The van der Waals surface area contributed by atoms with E-state index in [0.717, 1.165) is 49.2 Å². The Hall–Kier alpha value is -3.69. The van der Waals surface area contributed by atoms with Crippen molar-refractivity contribution < 1.29 is 4.79 Å². The van der Waals surface area contributed by atoms with Crippen LogP contribution in [0, 0.1) is 0 Å². The first-order chi connectivity index (χ1) is 17.0. The Kier molecular flexibility index (Phi) is 5.12. The van der Waals surface area contributed by atoms with Crippen LogP contribution in [0.25, 0.3) is 22.4 Å². The fourth-order valence-electron chi connectivity index (χ4n) is 5.77. The summed E-state index contributed by atoms with van der Waals surface area (Å²) in [5.41, 5.74) is 8.49. The van der Waals surface area contributed by atoms with Crippen molar-refractivity contribution in [1.82, 2.24) is 4.57 Å². The molecule has 0 radical (unpaired) electrons. The van der Waals surface area contributed by atoms with Crippen molar-refractivity contribution in [2.45, 2.75) is 12.3 Å². The van der Waals surface area contributed by atoms with Crippen molar-refractivity contribution in [3.05, 3.63) is 142 Å². The van der Waals surface area contributed by atoms with Crippen LogP contribution in [0.1, 0.15) is 39.7 Å². The van der Waals surface area contributed by atoms with Gasteiger partial charge in [-0.15, -0.1) is 0 Å². The molecular weight excluding hydrogens is 494 g/mol. The number of ketones is 1. The van der Waals surface area contributed by atoms with Crippen LogP contribution in [-0.4, -0.2) is 10.4 Å². The van der Waals surface area contributed by atoms with Crippen LogP contribution in [-0.2, 0) is 12.5 Å². The molecule has 3 heteroatoms. The van der Waals surface area contributed by atoms with Crippen molar-refractivity contribution >= 4 is 21.7 Å². The summed E-state index contributed by atoms with van der Waals surface area (Å²) in [4.78, 5) is 14.3. The van der Waals surface area contributed by atoms with E-state index >= 15 is 0 Å². The minimum atomic E-state index is -0.493. The fourth-order valence-corrected chi connectivity index (χ4v) is 6.03. The van der Waals surface area contributed by atoms with Gasteiger partial charge in [-0.1, -0.05) is 113 Å². The normalized spacial score (nSPS) is 16.6. The van der Waals surface area contributed by atoms with E-state index in [1.165, 1.54) is 5.56 Å². The number of rotatable bonds is 3. The molecule has 0 saturated heterocycles. The number of hydrogen-bond donors (Lipinski definition) is 0. The van der Waals surface area contributed by atoms with E-state index in [1.54, 1.807) is 0 Å². The van der Waals surface area contributed by atoms with Gasteiger partial charge in [-0.25, -0.2) is 0 Å². The third-order valence-electron chi connectivity index (χ3n) is 7.34. The van der Waals surface area contributed by atoms with Gasteiger partial charge in [0.1, 0.15) is 0 Å². The van der Waals surface area contributed by atoms with Gasteiger partial charge in [0.15, 0.2) is 5.78 Å². The van der Waals surface area contributed by atoms with E-state index in [4.69, 9.17) is 0 Å². The molecule has 35 heavy (non-hydrogen) atoms. The topological polar surface area (TPSA) is 22.0 Å². The van der Waals surface area contributed by atoms with Gasteiger partial charge in [0.2, 0.25) is 0 Å². The molecule has 1 aromatic heterocycles. The molecule has 1 heterocycles.